The molecule has 2 aliphatic rings. The number of rotatable bonds is 2. The number of halogens is 1. The van der Waals surface area contributed by atoms with Crippen LogP contribution in [0.1, 0.15) is 12.8 Å². The molecule has 0 saturated carbocycles. The van der Waals surface area contributed by atoms with E-state index in [1.807, 2.05) is 4.90 Å². The minimum atomic E-state index is -0.605. The van der Waals surface area contributed by atoms with Crippen LogP contribution in [0.3, 0.4) is 0 Å². The predicted octanol–water partition coefficient (Wildman–Crippen LogP) is 2.59. The van der Waals surface area contributed by atoms with Gasteiger partial charge in [-0.1, -0.05) is 11.6 Å². The summed E-state index contributed by atoms with van der Waals surface area (Å²) in [6.45, 7) is 2.42. The molecule has 108 valence electrons. The summed E-state index contributed by atoms with van der Waals surface area (Å²) < 4.78 is 11.4. The van der Waals surface area contributed by atoms with Crippen molar-refractivity contribution in [2.24, 2.45) is 0 Å². The number of benzene rings is 1. The van der Waals surface area contributed by atoms with E-state index in [2.05, 4.69) is 0 Å². The molecule has 3 rings (SSSR count). The van der Waals surface area contributed by atoms with Crippen molar-refractivity contribution in [3.63, 3.8) is 0 Å². The predicted molar refractivity (Wildman–Crippen MR) is 74.2 cm³/mol. The summed E-state index contributed by atoms with van der Waals surface area (Å²) in [4.78, 5) is 12.7. The second-order valence-electron chi connectivity index (χ2n) is 5.02. The molecule has 0 unspecified atom stereocenters. The van der Waals surface area contributed by atoms with Gasteiger partial charge < -0.3 is 14.4 Å². The number of hydrogen-bond donors (Lipinski definition) is 0. The molecule has 2 fully saturated rings. The lowest BCUT2D eigenvalue weighted by Crippen LogP contribution is -2.49. The Hall–Kier alpha value is -1.37. The number of anilines is 1. The lowest BCUT2D eigenvalue weighted by atomic mass is 10.0. The van der Waals surface area contributed by atoms with Gasteiger partial charge in [0.15, 0.2) is 5.79 Å². The highest BCUT2D eigenvalue weighted by atomic mass is 35.5. The van der Waals surface area contributed by atoms with E-state index in [1.54, 1.807) is 12.1 Å². The van der Waals surface area contributed by atoms with Crippen LogP contribution in [0.4, 0.5) is 11.4 Å². The maximum absolute atomic E-state index is 11.2. The Morgan fingerprint density at radius 1 is 1.35 bits per heavy atom. The van der Waals surface area contributed by atoms with E-state index in [1.165, 1.54) is 6.07 Å². The average Bonchev–Trinajstić information content (AvgIpc) is 2.86. The molecule has 0 bridgehead atoms. The van der Waals surface area contributed by atoms with Crippen molar-refractivity contribution in [1.29, 1.82) is 0 Å². The molecule has 2 saturated heterocycles. The van der Waals surface area contributed by atoms with Gasteiger partial charge in [-0.3, -0.25) is 10.1 Å². The normalized spacial score (nSPS) is 21.4. The van der Waals surface area contributed by atoms with Gasteiger partial charge in [-0.15, -0.1) is 0 Å². The van der Waals surface area contributed by atoms with Crippen LogP contribution in [0.15, 0.2) is 18.2 Å². The molecular weight excluding hydrogens is 284 g/mol. The molecule has 7 heteroatoms. The molecular formula is C13H15ClN2O4. The van der Waals surface area contributed by atoms with Crippen LogP contribution >= 0.6 is 11.6 Å². The third-order valence-corrected chi connectivity index (χ3v) is 3.94. The largest absolute Gasteiger partial charge is 0.361 e. The van der Waals surface area contributed by atoms with Crippen molar-refractivity contribution in [1.82, 2.24) is 0 Å². The Morgan fingerprint density at radius 3 is 2.80 bits per heavy atom. The maximum Gasteiger partial charge on any atom is 0.294 e. The van der Waals surface area contributed by atoms with E-state index in [9.17, 15) is 10.1 Å². The molecule has 0 aliphatic carbocycles. The SMILES string of the molecule is O=[N+]([O-])c1cc(Cl)ccc1N1CCCC2(C1)OCCO2. The van der Waals surface area contributed by atoms with Gasteiger partial charge in [0.1, 0.15) is 5.69 Å². The fourth-order valence-corrected chi connectivity index (χ4v) is 3.00. The molecule has 1 aromatic rings. The summed E-state index contributed by atoms with van der Waals surface area (Å²) in [5, 5.41) is 11.5. The Kier molecular flexibility index (Phi) is 3.54. The van der Waals surface area contributed by atoms with E-state index < -0.39 is 10.7 Å². The first-order valence-electron chi connectivity index (χ1n) is 6.56. The van der Waals surface area contributed by atoms with E-state index in [0.29, 0.717) is 30.5 Å². The molecule has 1 spiro atoms. The number of piperidine rings is 1. The smallest absolute Gasteiger partial charge is 0.294 e. The number of nitro benzene ring substituents is 1. The number of nitrogens with zero attached hydrogens (tertiary/aromatic N) is 2. The topological polar surface area (TPSA) is 64.8 Å². The summed E-state index contributed by atoms with van der Waals surface area (Å²) in [5.41, 5.74) is 0.588. The van der Waals surface area contributed by atoms with E-state index >= 15 is 0 Å². The molecule has 0 amide bonds. The van der Waals surface area contributed by atoms with Gasteiger partial charge in [0, 0.05) is 24.1 Å². The van der Waals surface area contributed by atoms with Crippen LogP contribution in [-0.4, -0.2) is 37.0 Å². The first-order chi connectivity index (χ1) is 9.60. The highest BCUT2D eigenvalue weighted by Gasteiger charge is 2.41. The van der Waals surface area contributed by atoms with Gasteiger partial charge in [0.25, 0.3) is 5.69 Å². The summed E-state index contributed by atoms with van der Waals surface area (Å²) in [6, 6.07) is 4.74. The van der Waals surface area contributed by atoms with Crippen LogP contribution in [0.5, 0.6) is 0 Å². The van der Waals surface area contributed by atoms with Crippen LogP contribution in [0.2, 0.25) is 5.02 Å². The molecule has 0 aromatic heterocycles. The Bertz CT molecular complexity index is 531. The monoisotopic (exact) mass is 298 g/mol. The van der Waals surface area contributed by atoms with Crippen LogP contribution < -0.4 is 4.90 Å². The van der Waals surface area contributed by atoms with Crippen molar-refractivity contribution in [2.75, 3.05) is 31.2 Å². The van der Waals surface area contributed by atoms with Crippen molar-refractivity contribution in [3.05, 3.63) is 33.3 Å². The van der Waals surface area contributed by atoms with Crippen molar-refractivity contribution >= 4 is 23.0 Å². The van der Waals surface area contributed by atoms with Crippen molar-refractivity contribution < 1.29 is 14.4 Å². The summed E-state index contributed by atoms with van der Waals surface area (Å²) in [7, 11) is 0. The first-order valence-corrected chi connectivity index (χ1v) is 6.94. The third-order valence-electron chi connectivity index (χ3n) is 3.71. The van der Waals surface area contributed by atoms with Gasteiger partial charge in [0.2, 0.25) is 0 Å². The van der Waals surface area contributed by atoms with Gasteiger partial charge in [-0.25, -0.2) is 0 Å². The quantitative estimate of drug-likeness (QED) is 0.620. The van der Waals surface area contributed by atoms with Crippen LogP contribution in [0, 0.1) is 10.1 Å². The minimum absolute atomic E-state index is 0.0209. The number of ether oxygens (including phenoxy) is 2. The highest BCUT2D eigenvalue weighted by Crippen LogP contribution is 2.37. The number of nitro groups is 1. The minimum Gasteiger partial charge on any atom is -0.361 e. The molecule has 0 N–H and O–H groups in total. The Morgan fingerprint density at radius 2 is 2.10 bits per heavy atom. The Balaban J connectivity index is 1.90. The zero-order valence-electron chi connectivity index (χ0n) is 10.9. The standard InChI is InChI=1S/C13H15ClN2O4/c14-10-2-3-11(12(8-10)16(17)18)15-5-1-4-13(9-15)19-6-7-20-13/h2-3,8H,1,4-7,9H2. The molecule has 20 heavy (non-hydrogen) atoms. The van der Waals surface area contributed by atoms with Gasteiger partial charge in [0.05, 0.1) is 24.7 Å². The van der Waals surface area contributed by atoms with E-state index in [0.717, 1.165) is 19.4 Å². The van der Waals surface area contributed by atoms with Gasteiger partial charge in [-0.05, 0) is 18.6 Å². The lowest BCUT2D eigenvalue weighted by molar-refractivity contribution is -0.384. The fraction of sp³-hybridized carbons (Fsp3) is 0.538. The Labute approximate surface area is 121 Å². The summed E-state index contributed by atoms with van der Waals surface area (Å²) >= 11 is 5.85. The average molecular weight is 299 g/mol. The lowest BCUT2D eigenvalue weighted by Gasteiger charge is -2.39. The second kappa shape index (κ2) is 5.20. The zero-order chi connectivity index (χ0) is 14.2. The molecule has 2 aliphatic heterocycles. The maximum atomic E-state index is 11.2. The first kappa shape index (κ1) is 13.6. The molecule has 1 aromatic carbocycles. The van der Waals surface area contributed by atoms with E-state index in [-0.39, 0.29) is 5.69 Å². The molecule has 0 atom stereocenters. The summed E-state index contributed by atoms with van der Waals surface area (Å²) in [6.07, 6.45) is 1.70. The van der Waals surface area contributed by atoms with Crippen LogP contribution in [0.25, 0.3) is 0 Å². The van der Waals surface area contributed by atoms with Gasteiger partial charge in [-0.2, -0.15) is 0 Å². The molecule has 0 radical (unpaired) electrons. The highest BCUT2D eigenvalue weighted by molar-refractivity contribution is 6.30. The number of hydrogen-bond acceptors (Lipinski definition) is 5. The van der Waals surface area contributed by atoms with Crippen LogP contribution in [-0.2, 0) is 9.47 Å². The molecule has 6 nitrogen and oxygen atoms in total. The zero-order valence-corrected chi connectivity index (χ0v) is 11.6. The second-order valence-corrected chi connectivity index (χ2v) is 5.46. The summed E-state index contributed by atoms with van der Waals surface area (Å²) in [5.74, 6) is -0.605. The van der Waals surface area contributed by atoms with Crippen molar-refractivity contribution in [3.8, 4) is 0 Å². The van der Waals surface area contributed by atoms with E-state index in [4.69, 9.17) is 21.1 Å². The third kappa shape index (κ3) is 2.46. The van der Waals surface area contributed by atoms with Gasteiger partial charge >= 0.3 is 0 Å². The van der Waals surface area contributed by atoms with Crippen molar-refractivity contribution in [2.45, 2.75) is 18.6 Å². The fourth-order valence-electron chi connectivity index (χ4n) is 2.84. The molecule has 2 heterocycles.